The van der Waals surface area contributed by atoms with Gasteiger partial charge in [-0.05, 0) is 54.1 Å². The molecule has 0 aromatic heterocycles. The lowest BCUT2D eigenvalue weighted by atomic mass is 9.98. The Hall–Kier alpha value is -0.820. The van der Waals surface area contributed by atoms with E-state index in [2.05, 4.69) is 38.1 Å². The minimum Gasteiger partial charge on any atom is -0.388 e. The average molecular weight is 258 g/mol. The van der Waals surface area contributed by atoms with Crippen molar-refractivity contribution in [3.63, 3.8) is 0 Å². The molecule has 1 nitrogen and oxygen atoms in total. The van der Waals surface area contributed by atoms with E-state index >= 15 is 0 Å². The van der Waals surface area contributed by atoms with Gasteiger partial charge in [0.25, 0.3) is 0 Å². The van der Waals surface area contributed by atoms with Crippen LogP contribution >= 0.6 is 0 Å². The minimum atomic E-state index is -0.221. The summed E-state index contributed by atoms with van der Waals surface area (Å²) < 4.78 is 0. The number of fused-ring (bicyclic) bond motifs is 1. The van der Waals surface area contributed by atoms with Crippen LogP contribution in [-0.4, -0.2) is 5.11 Å². The second-order valence-corrected chi connectivity index (χ2v) is 6.97. The Morgan fingerprint density at radius 2 is 1.63 bits per heavy atom. The van der Waals surface area contributed by atoms with Crippen LogP contribution in [0.25, 0.3) is 0 Å². The Bertz CT molecular complexity index is 408. The van der Waals surface area contributed by atoms with Crippen LogP contribution in [0, 0.1) is 23.7 Å². The van der Waals surface area contributed by atoms with Crippen LogP contribution in [-0.2, 0) is 6.42 Å². The molecule has 0 spiro atoms. The zero-order valence-corrected chi connectivity index (χ0v) is 12.2. The molecule has 1 aromatic carbocycles. The third-order valence-corrected chi connectivity index (χ3v) is 5.05. The van der Waals surface area contributed by atoms with Gasteiger partial charge in [0.2, 0.25) is 0 Å². The molecule has 3 rings (SSSR count). The monoisotopic (exact) mass is 258 g/mol. The van der Waals surface area contributed by atoms with Crippen molar-refractivity contribution in [1.29, 1.82) is 0 Å². The Kier molecular flexibility index (Phi) is 3.66. The summed E-state index contributed by atoms with van der Waals surface area (Å²) in [6, 6.07) is 8.69. The highest BCUT2D eigenvalue weighted by molar-refractivity contribution is 5.26. The Morgan fingerprint density at radius 1 is 1.05 bits per heavy atom. The fraction of sp³-hybridized carbons (Fsp3) is 0.667. The van der Waals surface area contributed by atoms with Gasteiger partial charge in [-0.25, -0.2) is 0 Å². The molecule has 0 radical (unpaired) electrons. The lowest BCUT2D eigenvalue weighted by Gasteiger charge is -2.12. The van der Waals surface area contributed by atoms with E-state index in [9.17, 15) is 5.11 Å². The molecule has 0 aliphatic heterocycles. The zero-order valence-electron chi connectivity index (χ0n) is 12.2. The van der Waals surface area contributed by atoms with Gasteiger partial charge in [0, 0.05) is 0 Å². The molecular weight excluding hydrogens is 232 g/mol. The number of hydrogen-bond donors (Lipinski definition) is 1. The van der Waals surface area contributed by atoms with Crippen LogP contribution in [0.4, 0.5) is 0 Å². The Labute approximate surface area is 117 Å². The van der Waals surface area contributed by atoms with Crippen LogP contribution in [0.15, 0.2) is 24.3 Å². The normalized spacial score (nSPS) is 31.1. The summed E-state index contributed by atoms with van der Waals surface area (Å²) in [4.78, 5) is 0. The third-order valence-electron chi connectivity index (χ3n) is 5.05. The molecular formula is C18H26O. The van der Waals surface area contributed by atoms with E-state index in [1.807, 2.05) is 0 Å². The van der Waals surface area contributed by atoms with Crippen LogP contribution in [0.1, 0.15) is 56.8 Å². The second kappa shape index (κ2) is 5.28. The first-order chi connectivity index (χ1) is 9.16. The van der Waals surface area contributed by atoms with Gasteiger partial charge >= 0.3 is 0 Å². The van der Waals surface area contributed by atoms with E-state index in [-0.39, 0.29) is 6.10 Å². The fourth-order valence-corrected chi connectivity index (χ4v) is 4.06. The van der Waals surface area contributed by atoms with Crippen LogP contribution < -0.4 is 0 Å². The van der Waals surface area contributed by atoms with E-state index in [0.717, 1.165) is 23.8 Å². The van der Waals surface area contributed by atoms with Gasteiger partial charge in [-0.3, -0.25) is 0 Å². The Morgan fingerprint density at radius 3 is 2.16 bits per heavy atom. The van der Waals surface area contributed by atoms with E-state index in [0.29, 0.717) is 11.8 Å². The molecule has 2 saturated carbocycles. The van der Waals surface area contributed by atoms with Crippen molar-refractivity contribution >= 4 is 0 Å². The van der Waals surface area contributed by atoms with Gasteiger partial charge in [-0.15, -0.1) is 0 Å². The number of rotatable bonds is 4. The molecule has 2 aliphatic rings. The second-order valence-electron chi connectivity index (χ2n) is 6.97. The van der Waals surface area contributed by atoms with Crippen molar-refractivity contribution in [3.8, 4) is 0 Å². The highest BCUT2D eigenvalue weighted by Crippen LogP contribution is 2.60. The molecule has 3 atom stereocenters. The standard InChI is InChI=1S/C18H26O/c1-12(2)11-13-7-9-14(10-8-13)18(19)17-15-5-3-4-6-16(15)17/h7-10,12,15-19H,3-6,11H2,1-2H3. The molecule has 3 unspecified atom stereocenters. The van der Waals surface area contributed by atoms with Crippen LogP contribution in [0.3, 0.4) is 0 Å². The first-order valence-corrected chi connectivity index (χ1v) is 7.93. The molecule has 1 heteroatoms. The van der Waals surface area contributed by atoms with Crippen LogP contribution in [0.2, 0.25) is 0 Å². The van der Waals surface area contributed by atoms with Crippen molar-refractivity contribution in [3.05, 3.63) is 35.4 Å². The molecule has 1 N–H and O–H groups in total. The largest absolute Gasteiger partial charge is 0.388 e. The summed E-state index contributed by atoms with van der Waals surface area (Å²) in [5.41, 5.74) is 2.52. The number of hydrogen-bond acceptors (Lipinski definition) is 1. The van der Waals surface area contributed by atoms with E-state index in [4.69, 9.17) is 0 Å². The molecule has 0 saturated heterocycles. The summed E-state index contributed by atoms with van der Waals surface area (Å²) in [5.74, 6) is 2.89. The van der Waals surface area contributed by atoms with Gasteiger partial charge in [0.15, 0.2) is 0 Å². The molecule has 0 bridgehead atoms. The van der Waals surface area contributed by atoms with E-state index in [1.54, 1.807) is 0 Å². The van der Waals surface area contributed by atoms with Crippen molar-refractivity contribution in [2.24, 2.45) is 23.7 Å². The number of aliphatic hydroxyl groups excluding tert-OH is 1. The number of benzene rings is 1. The van der Waals surface area contributed by atoms with Crippen molar-refractivity contribution in [1.82, 2.24) is 0 Å². The summed E-state index contributed by atoms with van der Waals surface area (Å²) in [6.45, 7) is 4.50. The molecule has 1 aromatic rings. The van der Waals surface area contributed by atoms with Gasteiger partial charge in [-0.1, -0.05) is 51.0 Å². The molecule has 104 valence electrons. The van der Waals surface area contributed by atoms with Crippen molar-refractivity contribution < 1.29 is 5.11 Å². The van der Waals surface area contributed by atoms with Crippen molar-refractivity contribution in [2.75, 3.05) is 0 Å². The topological polar surface area (TPSA) is 20.2 Å². The van der Waals surface area contributed by atoms with Gasteiger partial charge < -0.3 is 5.11 Å². The maximum Gasteiger partial charge on any atom is 0.0823 e. The average Bonchev–Trinajstić information content (AvgIpc) is 3.12. The molecule has 2 fully saturated rings. The number of aliphatic hydroxyl groups is 1. The van der Waals surface area contributed by atoms with Gasteiger partial charge in [0.05, 0.1) is 6.10 Å². The van der Waals surface area contributed by atoms with E-state index in [1.165, 1.54) is 31.2 Å². The first-order valence-electron chi connectivity index (χ1n) is 7.93. The van der Waals surface area contributed by atoms with Gasteiger partial charge in [0.1, 0.15) is 0 Å². The molecule has 2 aliphatic carbocycles. The van der Waals surface area contributed by atoms with E-state index < -0.39 is 0 Å². The maximum atomic E-state index is 10.6. The first kappa shape index (κ1) is 13.2. The fourth-order valence-electron chi connectivity index (χ4n) is 4.06. The zero-order chi connectivity index (χ0) is 13.4. The lowest BCUT2D eigenvalue weighted by molar-refractivity contribution is 0.142. The smallest absolute Gasteiger partial charge is 0.0823 e. The maximum absolute atomic E-state index is 10.6. The molecule has 19 heavy (non-hydrogen) atoms. The summed E-state index contributed by atoms with van der Waals surface area (Å²) in [7, 11) is 0. The summed E-state index contributed by atoms with van der Waals surface area (Å²) in [5, 5.41) is 10.6. The highest BCUT2D eigenvalue weighted by atomic mass is 16.3. The lowest BCUT2D eigenvalue weighted by Crippen LogP contribution is -2.03. The minimum absolute atomic E-state index is 0.221. The van der Waals surface area contributed by atoms with Crippen molar-refractivity contribution in [2.45, 2.75) is 52.1 Å². The van der Waals surface area contributed by atoms with Gasteiger partial charge in [-0.2, -0.15) is 0 Å². The predicted octanol–water partition coefficient (Wildman–Crippen LogP) is 4.35. The summed E-state index contributed by atoms with van der Waals surface area (Å²) in [6.07, 6.45) is 6.34. The highest BCUT2D eigenvalue weighted by Gasteiger charge is 2.54. The third kappa shape index (κ3) is 2.72. The molecule has 0 amide bonds. The Balaban J connectivity index is 1.65. The molecule has 0 heterocycles. The predicted molar refractivity (Wildman–Crippen MR) is 78.9 cm³/mol. The summed E-state index contributed by atoms with van der Waals surface area (Å²) >= 11 is 0. The quantitative estimate of drug-likeness (QED) is 0.851. The SMILES string of the molecule is CC(C)Cc1ccc(C(O)C2C3CCCCC32)cc1. The van der Waals surface area contributed by atoms with Crippen LogP contribution in [0.5, 0.6) is 0 Å².